The summed E-state index contributed by atoms with van der Waals surface area (Å²) in [5, 5.41) is 0. The zero-order chi connectivity index (χ0) is 12.7. The van der Waals surface area contributed by atoms with Gasteiger partial charge in [-0.1, -0.05) is 12.8 Å². The van der Waals surface area contributed by atoms with Crippen LogP contribution in [0.25, 0.3) is 0 Å². The van der Waals surface area contributed by atoms with Gasteiger partial charge in [-0.3, -0.25) is 4.79 Å². The summed E-state index contributed by atoms with van der Waals surface area (Å²) in [5.74, 6) is 1.33. The molecule has 2 bridgehead atoms. The highest BCUT2D eigenvalue weighted by molar-refractivity contribution is 5.78. The van der Waals surface area contributed by atoms with Crippen molar-refractivity contribution in [3.63, 3.8) is 0 Å². The maximum atomic E-state index is 12.4. The van der Waals surface area contributed by atoms with Gasteiger partial charge >= 0.3 is 5.97 Å². The smallest absolute Gasteiger partial charge is 0.313 e. The van der Waals surface area contributed by atoms with E-state index in [-0.39, 0.29) is 5.97 Å². The van der Waals surface area contributed by atoms with Crippen molar-refractivity contribution in [3.05, 3.63) is 0 Å². The largest absolute Gasteiger partial charge is 0.460 e. The number of hydrogen-bond donors (Lipinski definition) is 1. The fourth-order valence-corrected chi connectivity index (χ4v) is 3.54. The molecule has 0 saturated heterocycles. The van der Waals surface area contributed by atoms with Gasteiger partial charge in [-0.25, -0.2) is 0 Å². The predicted octanol–water partition coefficient (Wildman–Crippen LogP) is 2.48. The Hall–Kier alpha value is -0.570. The molecule has 3 atom stereocenters. The molecular weight excluding hydrogens is 214 g/mol. The Morgan fingerprint density at radius 2 is 1.82 bits per heavy atom. The summed E-state index contributed by atoms with van der Waals surface area (Å²) in [4.78, 5) is 12.4. The minimum atomic E-state index is -0.407. The van der Waals surface area contributed by atoms with Crippen LogP contribution in [0.15, 0.2) is 0 Å². The molecule has 98 valence electrons. The molecule has 0 aromatic rings. The van der Waals surface area contributed by atoms with Gasteiger partial charge in [-0.2, -0.15) is 0 Å². The van der Waals surface area contributed by atoms with Crippen LogP contribution in [0.5, 0.6) is 0 Å². The lowest BCUT2D eigenvalue weighted by molar-refractivity contribution is -0.170. The Bertz CT molecular complexity index is 294. The molecule has 2 rings (SSSR count). The number of rotatable bonds is 2. The topological polar surface area (TPSA) is 52.3 Å². The second-order valence-corrected chi connectivity index (χ2v) is 6.94. The molecule has 0 heterocycles. The van der Waals surface area contributed by atoms with Gasteiger partial charge in [0.2, 0.25) is 0 Å². The maximum Gasteiger partial charge on any atom is 0.313 e. The average Bonchev–Trinajstić information content (AvgIpc) is 2.55. The van der Waals surface area contributed by atoms with Crippen molar-refractivity contribution < 1.29 is 9.53 Å². The number of fused-ring (bicyclic) bond motifs is 2. The number of esters is 1. The minimum absolute atomic E-state index is 0.0656. The van der Waals surface area contributed by atoms with Crippen LogP contribution in [0.2, 0.25) is 0 Å². The molecule has 17 heavy (non-hydrogen) atoms. The van der Waals surface area contributed by atoms with Crippen molar-refractivity contribution in [2.24, 2.45) is 23.0 Å². The number of nitrogens with two attached hydrogens (primary N) is 1. The Balaban J connectivity index is 2.12. The third-order valence-corrected chi connectivity index (χ3v) is 4.23. The molecule has 3 heteroatoms. The van der Waals surface area contributed by atoms with E-state index in [0.717, 1.165) is 12.8 Å². The van der Waals surface area contributed by atoms with E-state index >= 15 is 0 Å². The lowest BCUT2D eigenvalue weighted by Crippen LogP contribution is -2.46. The van der Waals surface area contributed by atoms with Crippen LogP contribution < -0.4 is 5.73 Å². The van der Waals surface area contributed by atoms with Crippen LogP contribution >= 0.6 is 0 Å². The second kappa shape index (κ2) is 4.27. The zero-order valence-electron chi connectivity index (χ0n) is 11.3. The van der Waals surface area contributed by atoms with Gasteiger partial charge < -0.3 is 10.5 Å². The highest BCUT2D eigenvalue weighted by atomic mass is 16.6. The Labute approximate surface area is 104 Å². The fraction of sp³-hybridized carbons (Fsp3) is 0.929. The molecule has 0 spiro atoms. The van der Waals surface area contributed by atoms with E-state index in [1.165, 1.54) is 19.3 Å². The Morgan fingerprint density at radius 1 is 1.29 bits per heavy atom. The molecular formula is C14H25NO2. The van der Waals surface area contributed by atoms with Crippen LogP contribution in [0.1, 0.15) is 52.9 Å². The summed E-state index contributed by atoms with van der Waals surface area (Å²) in [7, 11) is 0. The summed E-state index contributed by atoms with van der Waals surface area (Å²) in [6.07, 6.45) is 5.72. The molecule has 0 aliphatic heterocycles. The highest BCUT2D eigenvalue weighted by Crippen LogP contribution is 2.51. The van der Waals surface area contributed by atoms with Crippen molar-refractivity contribution in [2.45, 2.75) is 58.5 Å². The van der Waals surface area contributed by atoms with Gasteiger partial charge in [0.25, 0.3) is 0 Å². The molecule has 1 unspecified atom stereocenters. The minimum Gasteiger partial charge on any atom is -0.460 e. The van der Waals surface area contributed by atoms with Gasteiger partial charge in [-0.05, 0) is 51.9 Å². The second-order valence-electron chi connectivity index (χ2n) is 6.94. The van der Waals surface area contributed by atoms with Crippen LogP contribution in [-0.4, -0.2) is 18.1 Å². The van der Waals surface area contributed by atoms with Crippen molar-refractivity contribution in [1.29, 1.82) is 0 Å². The fourth-order valence-electron chi connectivity index (χ4n) is 3.54. The van der Waals surface area contributed by atoms with E-state index < -0.39 is 11.0 Å². The maximum absolute atomic E-state index is 12.4. The van der Waals surface area contributed by atoms with E-state index in [2.05, 4.69) is 0 Å². The first kappa shape index (κ1) is 12.9. The van der Waals surface area contributed by atoms with E-state index in [4.69, 9.17) is 10.5 Å². The van der Waals surface area contributed by atoms with Crippen molar-refractivity contribution in [2.75, 3.05) is 6.54 Å². The van der Waals surface area contributed by atoms with E-state index in [9.17, 15) is 4.79 Å². The van der Waals surface area contributed by atoms with Crippen LogP contribution in [0.3, 0.4) is 0 Å². The first-order valence-corrected chi connectivity index (χ1v) is 6.78. The molecule has 0 aromatic heterocycles. The molecule has 2 saturated carbocycles. The lowest BCUT2D eigenvalue weighted by atomic mass is 9.69. The SMILES string of the molecule is CC(C)(C)OC(=O)C1(CN)C[C@@H]2CC[C@@H](C2)C1. The van der Waals surface area contributed by atoms with Crippen molar-refractivity contribution >= 4 is 5.97 Å². The molecule has 2 fully saturated rings. The Kier molecular flexibility index (Phi) is 3.23. The van der Waals surface area contributed by atoms with Gasteiger partial charge in [0, 0.05) is 6.54 Å². The highest BCUT2D eigenvalue weighted by Gasteiger charge is 2.49. The van der Waals surface area contributed by atoms with E-state index in [1.807, 2.05) is 20.8 Å². The van der Waals surface area contributed by atoms with Gasteiger partial charge in [0.05, 0.1) is 5.41 Å². The summed E-state index contributed by atoms with van der Waals surface area (Å²) in [6, 6.07) is 0. The third kappa shape index (κ3) is 2.65. The number of carbonyl (C=O) groups excluding carboxylic acids is 1. The molecule has 2 aliphatic carbocycles. The summed E-state index contributed by atoms with van der Waals surface area (Å²) >= 11 is 0. The van der Waals surface area contributed by atoms with Crippen molar-refractivity contribution in [1.82, 2.24) is 0 Å². The normalized spacial score (nSPS) is 36.9. The van der Waals surface area contributed by atoms with Gasteiger partial charge in [0.1, 0.15) is 5.60 Å². The lowest BCUT2D eigenvalue weighted by Gasteiger charge is -2.39. The van der Waals surface area contributed by atoms with Crippen LogP contribution in [-0.2, 0) is 9.53 Å². The molecule has 0 aromatic carbocycles. The van der Waals surface area contributed by atoms with E-state index in [0.29, 0.717) is 18.4 Å². The molecule has 3 nitrogen and oxygen atoms in total. The summed E-state index contributed by atoms with van der Waals surface area (Å²) < 4.78 is 5.58. The van der Waals surface area contributed by atoms with Crippen LogP contribution in [0.4, 0.5) is 0 Å². The first-order valence-electron chi connectivity index (χ1n) is 6.78. The zero-order valence-corrected chi connectivity index (χ0v) is 11.3. The molecule has 2 N–H and O–H groups in total. The quantitative estimate of drug-likeness (QED) is 0.753. The molecule has 2 aliphatic rings. The van der Waals surface area contributed by atoms with Crippen molar-refractivity contribution in [3.8, 4) is 0 Å². The monoisotopic (exact) mass is 239 g/mol. The van der Waals surface area contributed by atoms with Gasteiger partial charge in [-0.15, -0.1) is 0 Å². The van der Waals surface area contributed by atoms with Gasteiger partial charge in [0.15, 0.2) is 0 Å². The van der Waals surface area contributed by atoms with Crippen LogP contribution in [0, 0.1) is 17.3 Å². The summed E-state index contributed by atoms with van der Waals surface area (Å²) in [5.41, 5.74) is 5.11. The first-order chi connectivity index (χ1) is 7.85. The third-order valence-electron chi connectivity index (χ3n) is 4.23. The average molecular weight is 239 g/mol. The number of carbonyl (C=O) groups is 1. The van der Waals surface area contributed by atoms with E-state index in [1.54, 1.807) is 0 Å². The standard InChI is InChI=1S/C14H25NO2/c1-13(2,3)17-12(16)14(9-15)7-10-4-5-11(6-10)8-14/h10-11H,4-9,15H2,1-3H3/t10-,11+,14?. The summed E-state index contributed by atoms with van der Waals surface area (Å²) in [6.45, 7) is 6.21. The number of ether oxygens (including phenoxy) is 1. The predicted molar refractivity (Wildman–Crippen MR) is 67.4 cm³/mol. The number of hydrogen-bond acceptors (Lipinski definition) is 3. The molecule has 0 amide bonds. The Morgan fingerprint density at radius 3 is 2.24 bits per heavy atom. The molecule has 0 radical (unpaired) electrons.